The fraction of sp³-hybridized carbons (Fsp3) is 0.600. The number of rotatable bonds is 1. The second kappa shape index (κ2) is 1.86. The SMILES string of the molecule is C[C@@]1(C(=O)O)COC(=O)O1. The number of aliphatic carboxylic acids is 1. The third-order valence-electron chi connectivity index (χ3n) is 1.23. The highest BCUT2D eigenvalue weighted by Gasteiger charge is 2.45. The van der Waals surface area contributed by atoms with Gasteiger partial charge in [-0.2, -0.15) is 0 Å². The van der Waals surface area contributed by atoms with Crippen molar-refractivity contribution in [2.24, 2.45) is 0 Å². The Morgan fingerprint density at radius 2 is 2.40 bits per heavy atom. The van der Waals surface area contributed by atoms with Gasteiger partial charge in [-0.15, -0.1) is 0 Å². The molecule has 10 heavy (non-hydrogen) atoms. The number of hydrogen-bond acceptors (Lipinski definition) is 4. The van der Waals surface area contributed by atoms with Crippen molar-refractivity contribution >= 4 is 12.1 Å². The van der Waals surface area contributed by atoms with Crippen LogP contribution < -0.4 is 0 Å². The molecule has 0 aliphatic carbocycles. The molecule has 1 fully saturated rings. The highest BCUT2D eigenvalue weighted by atomic mass is 16.8. The Morgan fingerprint density at radius 1 is 1.80 bits per heavy atom. The largest absolute Gasteiger partial charge is 0.509 e. The van der Waals surface area contributed by atoms with Gasteiger partial charge in [0.2, 0.25) is 5.60 Å². The van der Waals surface area contributed by atoms with Crippen LogP contribution in [0.5, 0.6) is 0 Å². The van der Waals surface area contributed by atoms with Gasteiger partial charge in [0.05, 0.1) is 0 Å². The second-order valence-electron chi connectivity index (χ2n) is 2.18. The molecule has 1 aliphatic heterocycles. The van der Waals surface area contributed by atoms with Crippen LogP contribution in [0.15, 0.2) is 0 Å². The Bertz CT molecular complexity index is 186. The summed E-state index contributed by atoms with van der Waals surface area (Å²) in [6, 6.07) is 0. The summed E-state index contributed by atoms with van der Waals surface area (Å²) in [4.78, 5) is 20.6. The molecule has 5 nitrogen and oxygen atoms in total. The second-order valence-corrected chi connectivity index (χ2v) is 2.18. The third kappa shape index (κ3) is 0.896. The van der Waals surface area contributed by atoms with Crippen LogP contribution >= 0.6 is 0 Å². The van der Waals surface area contributed by atoms with E-state index in [1.54, 1.807) is 0 Å². The van der Waals surface area contributed by atoms with Crippen LogP contribution in [0.25, 0.3) is 0 Å². The minimum absolute atomic E-state index is 0.221. The molecule has 1 saturated heterocycles. The zero-order valence-corrected chi connectivity index (χ0v) is 5.29. The molecular weight excluding hydrogens is 140 g/mol. The normalized spacial score (nSPS) is 31.1. The standard InChI is InChI=1S/C5H6O5/c1-5(3(6)7)2-9-4(8)10-5/h2H2,1H3,(H,6,7)/t5-/m0/s1. The molecule has 0 saturated carbocycles. The van der Waals surface area contributed by atoms with E-state index < -0.39 is 17.7 Å². The van der Waals surface area contributed by atoms with Crippen LogP contribution in [0.2, 0.25) is 0 Å². The van der Waals surface area contributed by atoms with Gasteiger partial charge in [0.25, 0.3) is 0 Å². The molecule has 5 heteroatoms. The summed E-state index contributed by atoms with van der Waals surface area (Å²) in [5.41, 5.74) is -1.49. The molecule has 1 N–H and O–H groups in total. The van der Waals surface area contributed by atoms with Gasteiger partial charge < -0.3 is 14.6 Å². The van der Waals surface area contributed by atoms with E-state index in [1.807, 2.05) is 0 Å². The summed E-state index contributed by atoms with van der Waals surface area (Å²) in [5.74, 6) is -1.20. The van der Waals surface area contributed by atoms with E-state index in [0.717, 1.165) is 0 Å². The molecule has 1 rings (SSSR count). The first-order valence-corrected chi connectivity index (χ1v) is 2.64. The average molecular weight is 146 g/mol. The van der Waals surface area contributed by atoms with Crippen molar-refractivity contribution in [2.45, 2.75) is 12.5 Å². The number of carboxylic acids is 1. The predicted octanol–water partition coefficient (Wildman–Crippen LogP) is -0.00350. The van der Waals surface area contributed by atoms with Gasteiger partial charge >= 0.3 is 12.1 Å². The molecule has 0 unspecified atom stereocenters. The van der Waals surface area contributed by atoms with Crippen LogP contribution in [-0.2, 0) is 14.3 Å². The number of carboxylic acid groups (broad SMARTS) is 1. The van der Waals surface area contributed by atoms with Crippen LogP contribution in [0.4, 0.5) is 4.79 Å². The predicted molar refractivity (Wildman–Crippen MR) is 28.5 cm³/mol. The van der Waals surface area contributed by atoms with E-state index in [9.17, 15) is 9.59 Å². The lowest BCUT2D eigenvalue weighted by molar-refractivity contribution is -0.153. The van der Waals surface area contributed by atoms with E-state index in [-0.39, 0.29) is 6.61 Å². The van der Waals surface area contributed by atoms with Crippen molar-refractivity contribution < 1.29 is 24.2 Å². The van der Waals surface area contributed by atoms with Crippen molar-refractivity contribution in [2.75, 3.05) is 6.61 Å². The van der Waals surface area contributed by atoms with Crippen molar-refractivity contribution in [1.29, 1.82) is 0 Å². The lowest BCUT2D eigenvalue weighted by Crippen LogP contribution is -2.37. The molecule has 0 spiro atoms. The van der Waals surface area contributed by atoms with Crippen LogP contribution in [0.3, 0.4) is 0 Å². The van der Waals surface area contributed by atoms with Crippen LogP contribution in [0, 0.1) is 0 Å². The van der Waals surface area contributed by atoms with E-state index in [2.05, 4.69) is 9.47 Å². The van der Waals surface area contributed by atoms with Crippen molar-refractivity contribution in [3.05, 3.63) is 0 Å². The van der Waals surface area contributed by atoms with Gasteiger partial charge in [-0.25, -0.2) is 9.59 Å². The van der Waals surface area contributed by atoms with E-state index >= 15 is 0 Å². The first-order chi connectivity index (χ1) is 4.54. The number of ether oxygens (including phenoxy) is 2. The molecule has 0 aromatic rings. The van der Waals surface area contributed by atoms with Gasteiger partial charge in [-0.1, -0.05) is 0 Å². The fourth-order valence-electron chi connectivity index (χ4n) is 0.545. The Morgan fingerprint density at radius 3 is 2.60 bits per heavy atom. The Balaban J connectivity index is 2.72. The quantitative estimate of drug-likeness (QED) is 0.527. The molecule has 0 bridgehead atoms. The monoisotopic (exact) mass is 146 g/mol. The van der Waals surface area contributed by atoms with Crippen molar-refractivity contribution in [3.8, 4) is 0 Å². The van der Waals surface area contributed by atoms with Gasteiger partial charge in [-0.3, -0.25) is 0 Å². The molecule has 0 aromatic carbocycles. The summed E-state index contributed by atoms with van der Waals surface area (Å²) >= 11 is 0. The van der Waals surface area contributed by atoms with Crippen molar-refractivity contribution in [3.63, 3.8) is 0 Å². The zero-order valence-electron chi connectivity index (χ0n) is 5.29. The maximum absolute atomic E-state index is 10.3. The van der Waals surface area contributed by atoms with E-state index in [0.29, 0.717) is 0 Å². The number of carbonyl (C=O) groups excluding carboxylic acids is 1. The third-order valence-corrected chi connectivity index (χ3v) is 1.23. The van der Waals surface area contributed by atoms with Gasteiger partial charge in [0.15, 0.2) is 0 Å². The Labute approximate surface area is 56.5 Å². The lowest BCUT2D eigenvalue weighted by Gasteiger charge is -2.11. The maximum Gasteiger partial charge on any atom is 0.509 e. The fourth-order valence-corrected chi connectivity index (χ4v) is 0.545. The minimum Gasteiger partial charge on any atom is -0.478 e. The smallest absolute Gasteiger partial charge is 0.478 e. The van der Waals surface area contributed by atoms with Crippen LogP contribution in [0.1, 0.15) is 6.92 Å². The zero-order chi connectivity index (χ0) is 7.78. The first-order valence-electron chi connectivity index (χ1n) is 2.64. The molecule has 0 radical (unpaired) electrons. The molecule has 1 heterocycles. The summed E-state index contributed by atoms with van der Waals surface area (Å²) in [5, 5.41) is 8.43. The van der Waals surface area contributed by atoms with Gasteiger partial charge in [0.1, 0.15) is 6.61 Å². The molecule has 1 atom stereocenters. The molecule has 0 aromatic heterocycles. The number of carbonyl (C=O) groups is 2. The number of hydrogen-bond donors (Lipinski definition) is 1. The first kappa shape index (κ1) is 6.85. The topological polar surface area (TPSA) is 72.8 Å². The average Bonchev–Trinajstić information content (AvgIpc) is 2.13. The highest BCUT2D eigenvalue weighted by Crippen LogP contribution is 2.18. The molecule has 1 aliphatic rings. The Hall–Kier alpha value is -1.26. The summed E-state index contributed by atoms with van der Waals surface area (Å²) in [6.45, 7) is 1.06. The molecular formula is C5H6O5. The van der Waals surface area contributed by atoms with Gasteiger partial charge in [-0.05, 0) is 6.92 Å². The minimum atomic E-state index is -1.49. The lowest BCUT2D eigenvalue weighted by atomic mass is 10.1. The summed E-state index contributed by atoms with van der Waals surface area (Å²) < 4.78 is 8.64. The van der Waals surface area contributed by atoms with Crippen molar-refractivity contribution in [1.82, 2.24) is 0 Å². The Kier molecular flexibility index (Phi) is 1.28. The molecule has 0 amide bonds. The summed E-state index contributed by atoms with van der Waals surface area (Å²) in [6.07, 6.45) is -0.926. The highest BCUT2D eigenvalue weighted by molar-refractivity contribution is 5.82. The number of cyclic esters (lactones) is 2. The summed E-state index contributed by atoms with van der Waals surface area (Å²) in [7, 11) is 0. The maximum atomic E-state index is 10.3. The van der Waals surface area contributed by atoms with E-state index in [4.69, 9.17) is 5.11 Å². The van der Waals surface area contributed by atoms with Gasteiger partial charge in [0, 0.05) is 0 Å². The van der Waals surface area contributed by atoms with E-state index in [1.165, 1.54) is 6.92 Å². The molecule has 56 valence electrons. The van der Waals surface area contributed by atoms with Crippen LogP contribution in [-0.4, -0.2) is 29.4 Å².